The molecule has 1 N–H and O–H groups in total. The monoisotopic (exact) mass is 332 g/mol. The van der Waals surface area contributed by atoms with Gasteiger partial charge in [-0.25, -0.2) is 0 Å². The molecule has 4 heteroatoms. The summed E-state index contributed by atoms with van der Waals surface area (Å²) in [7, 11) is 0. The highest BCUT2D eigenvalue weighted by Crippen LogP contribution is 2.26. The Morgan fingerprint density at radius 2 is 2.50 bits per heavy atom. The van der Waals surface area contributed by atoms with Crippen LogP contribution in [-0.4, -0.2) is 9.53 Å². The van der Waals surface area contributed by atoms with E-state index in [1.165, 1.54) is 0 Å². The standard InChI is InChI=1S/C6H6BrIOS/c7-4-1-6(10-3-4)5(9)2-8/h1,3,5,9H,2H2. The zero-order valence-corrected chi connectivity index (χ0v) is 9.61. The molecule has 1 rings (SSSR count). The van der Waals surface area contributed by atoms with Crippen molar-refractivity contribution >= 4 is 49.9 Å². The number of hydrogen-bond donors (Lipinski definition) is 1. The molecule has 0 amide bonds. The van der Waals surface area contributed by atoms with Crippen molar-refractivity contribution in [3.8, 4) is 0 Å². The Kier molecular flexibility index (Phi) is 3.62. The number of rotatable bonds is 2. The largest absolute Gasteiger partial charge is 0.387 e. The van der Waals surface area contributed by atoms with Crippen molar-refractivity contribution in [1.29, 1.82) is 0 Å². The molecule has 0 saturated heterocycles. The summed E-state index contributed by atoms with van der Waals surface area (Å²) in [4.78, 5) is 1.03. The first-order valence-corrected chi connectivity index (χ1v) is 5.92. The number of thiophene rings is 1. The number of halogens is 2. The molecular formula is C6H6BrIOS. The second-order valence-corrected chi connectivity index (χ2v) is 4.58. The van der Waals surface area contributed by atoms with Crippen LogP contribution in [0.2, 0.25) is 0 Å². The second kappa shape index (κ2) is 4.04. The Morgan fingerprint density at radius 3 is 2.90 bits per heavy atom. The van der Waals surface area contributed by atoms with Gasteiger partial charge in [-0.2, -0.15) is 0 Å². The topological polar surface area (TPSA) is 20.2 Å². The molecule has 0 aliphatic heterocycles. The molecule has 1 heterocycles. The highest BCUT2D eigenvalue weighted by Gasteiger charge is 2.06. The zero-order valence-electron chi connectivity index (χ0n) is 5.05. The van der Waals surface area contributed by atoms with E-state index in [-0.39, 0.29) is 6.10 Å². The van der Waals surface area contributed by atoms with Crippen molar-refractivity contribution in [3.63, 3.8) is 0 Å². The van der Waals surface area contributed by atoms with Crippen LogP contribution in [0.5, 0.6) is 0 Å². The summed E-state index contributed by atoms with van der Waals surface area (Å²) in [6, 6.07) is 1.95. The number of alkyl halides is 1. The quantitative estimate of drug-likeness (QED) is 0.652. The van der Waals surface area contributed by atoms with E-state index in [0.29, 0.717) is 0 Å². The molecule has 1 unspecified atom stereocenters. The average molecular weight is 333 g/mol. The Morgan fingerprint density at radius 1 is 1.80 bits per heavy atom. The van der Waals surface area contributed by atoms with E-state index in [1.807, 2.05) is 11.4 Å². The van der Waals surface area contributed by atoms with E-state index in [1.54, 1.807) is 11.3 Å². The van der Waals surface area contributed by atoms with E-state index in [2.05, 4.69) is 38.5 Å². The highest BCUT2D eigenvalue weighted by atomic mass is 127. The smallest absolute Gasteiger partial charge is 0.0971 e. The SMILES string of the molecule is OC(CI)c1cc(Br)cs1. The number of hydrogen-bond acceptors (Lipinski definition) is 2. The summed E-state index contributed by atoms with van der Waals surface area (Å²) in [6.07, 6.45) is -0.295. The van der Waals surface area contributed by atoms with Crippen molar-refractivity contribution in [3.05, 3.63) is 20.8 Å². The molecule has 0 spiro atoms. The molecule has 0 fully saturated rings. The van der Waals surface area contributed by atoms with Crippen LogP contribution in [0.15, 0.2) is 15.9 Å². The lowest BCUT2D eigenvalue weighted by Gasteiger charge is -2.00. The second-order valence-electron chi connectivity index (χ2n) is 1.84. The van der Waals surface area contributed by atoms with Gasteiger partial charge in [-0.3, -0.25) is 0 Å². The third-order valence-electron chi connectivity index (χ3n) is 1.06. The van der Waals surface area contributed by atoms with Crippen LogP contribution >= 0.6 is 49.9 Å². The summed E-state index contributed by atoms with van der Waals surface area (Å²) in [6.45, 7) is 0. The van der Waals surface area contributed by atoms with E-state index >= 15 is 0 Å². The van der Waals surface area contributed by atoms with Crippen LogP contribution in [0.3, 0.4) is 0 Å². The van der Waals surface area contributed by atoms with Gasteiger partial charge in [-0.1, -0.05) is 22.6 Å². The predicted molar refractivity (Wildman–Crippen MR) is 55.9 cm³/mol. The van der Waals surface area contributed by atoms with Crippen molar-refractivity contribution in [1.82, 2.24) is 0 Å². The van der Waals surface area contributed by atoms with Gasteiger partial charge in [0.1, 0.15) is 0 Å². The molecule has 1 aromatic heterocycles. The lowest BCUT2D eigenvalue weighted by Crippen LogP contribution is -1.93. The van der Waals surface area contributed by atoms with Gasteiger partial charge < -0.3 is 5.11 Å². The molecule has 1 aromatic rings. The van der Waals surface area contributed by atoms with E-state index in [4.69, 9.17) is 0 Å². The molecule has 0 saturated carbocycles. The molecule has 0 aliphatic carbocycles. The first-order valence-electron chi connectivity index (χ1n) is 2.72. The molecule has 0 radical (unpaired) electrons. The molecule has 0 bridgehead atoms. The summed E-state index contributed by atoms with van der Waals surface area (Å²) in [5.74, 6) is 0. The van der Waals surface area contributed by atoms with Gasteiger partial charge in [-0.05, 0) is 22.0 Å². The third-order valence-corrected chi connectivity index (χ3v) is 3.69. The maximum absolute atomic E-state index is 9.32. The van der Waals surface area contributed by atoms with Crippen molar-refractivity contribution in [2.45, 2.75) is 6.10 Å². The zero-order chi connectivity index (χ0) is 7.56. The first kappa shape index (κ1) is 8.96. The third kappa shape index (κ3) is 2.18. The molecular weight excluding hydrogens is 327 g/mol. The fraction of sp³-hybridized carbons (Fsp3) is 0.333. The average Bonchev–Trinajstić information content (AvgIpc) is 2.34. The van der Waals surface area contributed by atoms with Gasteiger partial charge in [0.25, 0.3) is 0 Å². The van der Waals surface area contributed by atoms with Crippen molar-refractivity contribution in [2.24, 2.45) is 0 Å². The minimum atomic E-state index is -0.295. The maximum atomic E-state index is 9.32. The van der Waals surface area contributed by atoms with Crippen LogP contribution < -0.4 is 0 Å². The summed E-state index contributed by atoms with van der Waals surface area (Å²) in [5, 5.41) is 11.3. The number of aliphatic hydroxyl groups is 1. The molecule has 56 valence electrons. The van der Waals surface area contributed by atoms with E-state index in [9.17, 15) is 5.11 Å². The van der Waals surface area contributed by atoms with Crippen LogP contribution in [0.4, 0.5) is 0 Å². The lowest BCUT2D eigenvalue weighted by molar-refractivity contribution is 0.211. The fourth-order valence-electron chi connectivity index (χ4n) is 0.579. The maximum Gasteiger partial charge on any atom is 0.0971 e. The van der Waals surface area contributed by atoms with Crippen LogP contribution in [-0.2, 0) is 0 Å². The van der Waals surface area contributed by atoms with Gasteiger partial charge in [0.05, 0.1) is 6.10 Å². The summed E-state index contributed by atoms with van der Waals surface area (Å²) >= 11 is 7.07. The van der Waals surface area contributed by atoms with Crippen LogP contribution in [0, 0.1) is 0 Å². The van der Waals surface area contributed by atoms with Crippen molar-refractivity contribution in [2.75, 3.05) is 4.43 Å². The minimum absolute atomic E-state index is 0.295. The Labute approximate surface area is 85.7 Å². The van der Waals surface area contributed by atoms with Gasteiger partial charge in [0, 0.05) is 19.2 Å². The molecule has 0 aliphatic rings. The normalized spacial score (nSPS) is 13.5. The van der Waals surface area contributed by atoms with E-state index < -0.39 is 0 Å². The molecule has 0 aromatic carbocycles. The minimum Gasteiger partial charge on any atom is -0.387 e. The van der Waals surface area contributed by atoms with Gasteiger partial charge in [-0.15, -0.1) is 11.3 Å². The summed E-state index contributed by atoms with van der Waals surface area (Å²) in [5.41, 5.74) is 0. The molecule has 10 heavy (non-hydrogen) atoms. The van der Waals surface area contributed by atoms with Crippen LogP contribution in [0.25, 0.3) is 0 Å². The highest BCUT2D eigenvalue weighted by molar-refractivity contribution is 14.1. The first-order chi connectivity index (χ1) is 4.74. The molecule has 1 atom stereocenters. The van der Waals surface area contributed by atoms with Gasteiger partial charge >= 0.3 is 0 Å². The Balaban J connectivity index is 2.74. The van der Waals surface area contributed by atoms with Gasteiger partial charge in [0.15, 0.2) is 0 Å². The number of aliphatic hydroxyl groups excluding tert-OH is 1. The van der Waals surface area contributed by atoms with Crippen LogP contribution in [0.1, 0.15) is 11.0 Å². The lowest BCUT2D eigenvalue weighted by atomic mass is 10.3. The Bertz CT molecular complexity index is 213. The molecule has 1 nitrogen and oxygen atoms in total. The van der Waals surface area contributed by atoms with Crippen molar-refractivity contribution < 1.29 is 5.11 Å². The summed E-state index contributed by atoms with van der Waals surface area (Å²) < 4.78 is 1.81. The fourth-order valence-corrected chi connectivity index (χ4v) is 2.78. The van der Waals surface area contributed by atoms with Gasteiger partial charge in [0.2, 0.25) is 0 Å². The Hall–Kier alpha value is 0.870. The predicted octanol–water partition coefficient (Wildman–Crippen LogP) is 2.98. The van der Waals surface area contributed by atoms with E-state index in [0.717, 1.165) is 13.8 Å².